The lowest BCUT2D eigenvalue weighted by atomic mass is 9.89. The summed E-state index contributed by atoms with van der Waals surface area (Å²) in [6, 6.07) is -0.858. The Balaban J connectivity index is 2.62. The molecular weight excluding hydrogens is 282 g/mol. The Kier molecular flexibility index (Phi) is 7.28. The van der Waals surface area contributed by atoms with Crippen LogP contribution in [0.3, 0.4) is 0 Å². The number of nitrogens with one attached hydrogen (secondary N) is 1. The summed E-state index contributed by atoms with van der Waals surface area (Å²) in [4.78, 5) is 35.1. The lowest BCUT2D eigenvalue weighted by Crippen LogP contribution is -2.45. The number of amides is 1. The predicted molar refractivity (Wildman–Crippen MR) is 84.3 cm³/mol. The van der Waals surface area contributed by atoms with Gasteiger partial charge in [-0.3, -0.25) is 9.59 Å². The van der Waals surface area contributed by atoms with E-state index in [1.807, 2.05) is 32.9 Å². The van der Waals surface area contributed by atoms with Gasteiger partial charge in [0.15, 0.2) is 0 Å². The van der Waals surface area contributed by atoms with Crippen molar-refractivity contribution in [3.8, 4) is 0 Å². The highest BCUT2D eigenvalue weighted by atomic mass is 16.4. The van der Waals surface area contributed by atoms with Crippen LogP contribution in [-0.4, -0.2) is 28.8 Å². The van der Waals surface area contributed by atoms with Gasteiger partial charge in [-0.05, 0) is 31.1 Å². The number of hydrogen-bond acceptors (Lipinski definition) is 3. The van der Waals surface area contributed by atoms with Crippen LogP contribution in [0.5, 0.6) is 0 Å². The zero-order valence-electron chi connectivity index (χ0n) is 13.7. The van der Waals surface area contributed by atoms with Gasteiger partial charge in [-0.25, -0.2) is 4.79 Å². The maximum Gasteiger partial charge on any atom is 0.326 e. The summed E-state index contributed by atoms with van der Waals surface area (Å²) in [6.07, 6.45) is 6.63. The molecule has 5 nitrogen and oxygen atoms in total. The zero-order chi connectivity index (χ0) is 16.7. The molecule has 1 saturated carbocycles. The van der Waals surface area contributed by atoms with E-state index in [0.29, 0.717) is 19.3 Å². The second-order valence-corrected chi connectivity index (χ2v) is 6.24. The molecule has 0 radical (unpaired) electrons. The molecule has 0 aromatic carbocycles. The normalized spacial score (nSPS) is 24.4. The fourth-order valence-electron chi connectivity index (χ4n) is 2.98. The van der Waals surface area contributed by atoms with Gasteiger partial charge in [0.25, 0.3) is 0 Å². The van der Waals surface area contributed by atoms with E-state index >= 15 is 0 Å². The van der Waals surface area contributed by atoms with Crippen molar-refractivity contribution < 1.29 is 19.5 Å². The van der Waals surface area contributed by atoms with E-state index in [2.05, 4.69) is 5.32 Å². The summed E-state index contributed by atoms with van der Waals surface area (Å²) in [7, 11) is 0. The van der Waals surface area contributed by atoms with Crippen LogP contribution in [0.15, 0.2) is 12.2 Å². The van der Waals surface area contributed by atoms with Gasteiger partial charge >= 0.3 is 5.97 Å². The maximum absolute atomic E-state index is 12.2. The third kappa shape index (κ3) is 5.28. The van der Waals surface area contributed by atoms with E-state index in [9.17, 15) is 19.5 Å². The van der Waals surface area contributed by atoms with Crippen molar-refractivity contribution in [3.05, 3.63) is 12.2 Å². The second-order valence-electron chi connectivity index (χ2n) is 6.24. The largest absolute Gasteiger partial charge is 0.480 e. The molecule has 1 aliphatic carbocycles. The first-order chi connectivity index (χ1) is 10.4. The molecule has 5 heteroatoms. The number of allylic oxidation sites excluding steroid dienone is 2. The molecule has 124 valence electrons. The highest BCUT2D eigenvalue weighted by Gasteiger charge is 2.34. The van der Waals surface area contributed by atoms with Gasteiger partial charge in [0.05, 0.1) is 0 Å². The summed E-state index contributed by atoms with van der Waals surface area (Å²) < 4.78 is 0. The average molecular weight is 309 g/mol. The predicted octanol–water partition coefficient (Wildman–Crippen LogP) is 2.55. The third-order valence-electron chi connectivity index (χ3n) is 4.56. The number of Topliss-reactive ketones (excluding diaryl/α,β-unsaturated/α-hetero) is 1. The van der Waals surface area contributed by atoms with Crippen LogP contribution in [-0.2, 0) is 14.4 Å². The van der Waals surface area contributed by atoms with Crippen LogP contribution in [0.2, 0.25) is 0 Å². The number of hydrogen-bond donors (Lipinski definition) is 2. The van der Waals surface area contributed by atoms with Crippen molar-refractivity contribution >= 4 is 17.7 Å². The van der Waals surface area contributed by atoms with E-state index in [0.717, 1.165) is 6.42 Å². The molecule has 0 aliphatic heterocycles. The van der Waals surface area contributed by atoms with E-state index in [-0.39, 0.29) is 35.9 Å². The first-order valence-corrected chi connectivity index (χ1v) is 8.04. The van der Waals surface area contributed by atoms with E-state index in [1.54, 1.807) is 0 Å². The van der Waals surface area contributed by atoms with Crippen LogP contribution in [0.4, 0.5) is 0 Å². The third-order valence-corrected chi connectivity index (χ3v) is 4.56. The van der Waals surface area contributed by atoms with Crippen molar-refractivity contribution in [1.82, 2.24) is 5.32 Å². The lowest BCUT2D eigenvalue weighted by Gasteiger charge is -2.22. The molecule has 0 heterocycles. The highest BCUT2D eigenvalue weighted by Crippen LogP contribution is 2.34. The number of aliphatic carboxylic acids is 1. The molecule has 1 unspecified atom stereocenters. The smallest absolute Gasteiger partial charge is 0.326 e. The Morgan fingerprint density at radius 3 is 2.55 bits per heavy atom. The van der Waals surface area contributed by atoms with Gasteiger partial charge in [0, 0.05) is 19.3 Å². The Labute approximate surface area is 132 Å². The van der Waals surface area contributed by atoms with Crippen LogP contribution in [0.1, 0.15) is 52.9 Å². The molecule has 0 aromatic heterocycles. The zero-order valence-corrected chi connectivity index (χ0v) is 13.7. The highest BCUT2D eigenvalue weighted by molar-refractivity contribution is 5.86. The summed E-state index contributed by atoms with van der Waals surface area (Å²) in [5.41, 5.74) is 0. The fraction of sp³-hybridized carbons (Fsp3) is 0.706. The van der Waals surface area contributed by atoms with Gasteiger partial charge < -0.3 is 10.4 Å². The molecule has 0 bridgehead atoms. The van der Waals surface area contributed by atoms with Gasteiger partial charge in [-0.1, -0.05) is 32.4 Å². The molecule has 22 heavy (non-hydrogen) atoms. The number of ketones is 1. The molecule has 1 rings (SSSR count). The summed E-state index contributed by atoms with van der Waals surface area (Å²) in [5, 5.41) is 11.8. The summed E-state index contributed by atoms with van der Waals surface area (Å²) in [6.45, 7) is 5.64. The Bertz CT molecular complexity index is 444. The molecule has 0 spiro atoms. The first kappa shape index (κ1) is 18.4. The topological polar surface area (TPSA) is 83.5 Å². The Morgan fingerprint density at radius 2 is 2.00 bits per heavy atom. The van der Waals surface area contributed by atoms with Crippen LogP contribution < -0.4 is 5.32 Å². The number of carbonyl (C=O) groups is 3. The minimum Gasteiger partial charge on any atom is -0.480 e. The molecule has 0 aromatic rings. The monoisotopic (exact) mass is 309 g/mol. The Morgan fingerprint density at radius 1 is 1.36 bits per heavy atom. The number of carboxylic acids is 1. The number of rotatable bonds is 8. The number of carbonyl (C=O) groups excluding carboxylic acids is 2. The van der Waals surface area contributed by atoms with E-state index < -0.39 is 12.0 Å². The molecular formula is C17H27NO4. The van der Waals surface area contributed by atoms with Gasteiger partial charge in [0.2, 0.25) is 5.91 Å². The van der Waals surface area contributed by atoms with E-state index in [4.69, 9.17) is 0 Å². The molecule has 2 N–H and O–H groups in total. The minimum atomic E-state index is -1.00. The fourth-order valence-corrected chi connectivity index (χ4v) is 2.98. The molecule has 1 amide bonds. The van der Waals surface area contributed by atoms with Crippen molar-refractivity contribution in [1.29, 1.82) is 0 Å². The summed E-state index contributed by atoms with van der Waals surface area (Å²) >= 11 is 0. The first-order valence-electron chi connectivity index (χ1n) is 8.04. The van der Waals surface area contributed by atoms with E-state index in [1.165, 1.54) is 0 Å². The number of carboxylic acid groups (broad SMARTS) is 1. The minimum absolute atomic E-state index is 0.0232. The van der Waals surface area contributed by atoms with Gasteiger partial charge in [0.1, 0.15) is 11.8 Å². The van der Waals surface area contributed by atoms with Crippen LogP contribution >= 0.6 is 0 Å². The van der Waals surface area contributed by atoms with Crippen LogP contribution in [0, 0.1) is 17.8 Å². The van der Waals surface area contributed by atoms with Gasteiger partial charge in [-0.2, -0.15) is 0 Å². The molecule has 4 atom stereocenters. The average Bonchev–Trinajstić information content (AvgIpc) is 2.81. The molecule has 1 fully saturated rings. The standard InChI is InChI=1S/C17H27NO4/c1-4-6-7-12-8-14(19)9-13(12)10-15(20)18-16(17(21)22)11(3)5-2/h4,6,11-13,16H,5,7-10H2,1-3H3,(H,18,20)(H,21,22)/b6-4-/t11-,12?,13-,16-/m0/s1. The molecule has 1 aliphatic rings. The van der Waals surface area contributed by atoms with Crippen molar-refractivity contribution in [3.63, 3.8) is 0 Å². The quantitative estimate of drug-likeness (QED) is 0.675. The van der Waals surface area contributed by atoms with Crippen molar-refractivity contribution in [2.75, 3.05) is 0 Å². The lowest BCUT2D eigenvalue weighted by molar-refractivity contribution is -0.143. The maximum atomic E-state index is 12.2. The SMILES string of the molecule is C/C=C\CC1CC(=O)C[C@H]1CC(=O)N[C@H](C(=O)O)[C@@H](C)CC. The van der Waals surface area contributed by atoms with Gasteiger partial charge in [-0.15, -0.1) is 0 Å². The van der Waals surface area contributed by atoms with Crippen molar-refractivity contribution in [2.24, 2.45) is 17.8 Å². The molecule has 0 saturated heterocycles. The summed E-state index contributed by atoms with van der Waals surface area (Å²) in [5.74, 6) is -0.973. The van der Waals surface area contributed by atoms with Crippen molar-refractivity contribution in [2.45, 2.75) is 58.9 Å². The Hall–Kier alpha value is -1.65. The second kappa shape index (κ2) is 8.71. The van der Waals surface area contributed by atoms with Crippen LogP contribution in [0.25, 0.3) is 0 Å².